The lowest BCUT2D eigenvalue weighted by Crippen LogP contribution is -2.40. The van der Waals surface area contributed by atoms with Crippen molar-refractivity contribution in [2.45, 2.75) is 38.1 Å². The van der Waals surface area contributed by atoms with Crippen LogP contribution < -0.4 is 10.7 Å². The van der Waals surface area contributed by atoms with Gasteiger partial charge in [-0.15, -0.1) is 0 Å². The Labute approximate surface area is 128 Å². The summed E-state index contributed by atoms with van der Waals surface area (Å²) in [5, 5.41) is 18.5. The molecule has 1 fully saturated rings. The highest BCUT2D eigenvalue weighted by Gasteiger charge is 2.13. The third kappa shape index (κ3) is 4.78. The van der Waals surface area contributed by atoms with Crippen molar-refractivity contribution in [3.63, 3.8) is 0 Å². The zero-order chi connectivity index (χ0) is 15.1. The summed E-state index contributed by atoms with van der Waals surface area (Å²) >= 11 is 5.16. The first-order valence-electron chi connectivity index (χ1n) is 7.00. The van der Waals surface area contributed by atoms with Crippen LogP contribution in [-0.2, 0) is 0 Å². The number of hydrazone groups is 1. The number of hydrogen-bond donors (Lipinski definition) is 2. The van der Waals surface area contributed by atoms with E-state index in [-0.39, 0.29) is 5.69 Å². The Kier molecular flexibility index (Phi) is 5.62. The Morgan fingerprint density at radius 2 is 2.05 bits per heavy atom. The van der Waals surface area contributed by atoms with E-state index in [4.69, 9.17) is 12.2 Å². The number of nitrogens with one attached hydrogen (secondary N) is 2. The molecule has 0 heterocycles. The molecule has 0 radical (unpaired) electrons. The van der Waals surface area contributed by atoms with Crippen LogP contribution in [-0.4, -0.2) is 22.3 Å². The zero-order valence-corrected chi connectivity index (χ0v) is 12.4. The molecule has 1 aromatic carbocycles. The monoisotopic (exact) mass is 306 g/mol. The number of nitro benzene ring substituents is 1. The molecule has 2 rings (SSSR count). The Morgan fingerprint density at radius 3 is 2.76 bits per heavy atom. The van der Waals surface area contributed by atoms with Gasteiger partial charge in [0.25, 0.3) is 5.69 Å². The fourth-order valence-corrected chi connectivity index (χ4v) is 2.61. The smallest absolute Gasteiger partial charge is 0.278 e. The van der Waals surface area contributed by atoms with E-state index < -0.39 is 4.92 Å². The maximum atomic E-state index is 10.9. The third-order valence-corrected chi connectivity index (χ3v) is 3.65. The second-order valence-corrected chi connectivity index (χ2v) is 5.40. The predicted molar refractivity (Wildman–Crippen MR) is 86.4 cm³/mol. The van der Waals surface area contributed by atoms with Crippen LogP contribution in [0.5, 0.6) is 0 Å². The standard InChI is InChI=1S/C14H18N4O2S/c19-18(20)13-9-5-4-6-11(13)10-15-17-14(21)16-12-7-2-1-3-8-12/h4-6,9-10,12H,1-3,7-8H2,(H2,16,17,21)/b15-10-. The van der Waals surface area contributed by atoms with Crippen LogP contribution in [0.1, 0.15) is 37.7 Å². The van der Waals surface area contributed by atoms with Crippen molar-refractivity contribution in [3.8, 4) is 0 Å². The molecule has 0 saturated heterocycles. The van der Waals surface area contributed by atoms with Gasteiger partial charge in [-0.2, -0.15) is 5.10 Å². The highest BCUT2D eigenvalue weighted by molar-refractivity contribution is 7.80. The Hall–Kier alpha value is -2.02. The van der Waals surface area contributed by atoms with Crippen molar-refractivity contribution in [2.24, 2.45) is 5.10 Å². The van der Waals surface area contributed by atoms with E-state index >= 15 is 0 Å². The SMILES string of the molecule is O=[N+]([O-])c1ccccc1/C=N\NC(=S)NC1CCCCC1. The Morgan fingerprint density at radius 1 is 1.33 bits per heavy atom. The molecule has 0 aliphatic heterocycles. The van der Waals surface area contributed by atoms with E-state index in [1.54, 1.807) is 18.2 Å². The van der Waals surface area contributed by atoms with Crippen LogP contribution >= 0.6 is 12.2 Å². The van der Waals surface area contributed by atoms with Crippen molar-refractivity contribution in [1.82, 2.24) is 10.7 Å². The first-order valence-corrected chi connectivity index (χ1v) is 7.40. The summed E-state index contributed by atoms with van der Waals surface area (Å²) in [6.07, 6.45) is 7.38. The largest absolute Gasteiger partial charge is 0.359 e. The number of benzene rings is 1. The van der Waals surface area contributed by atoms with Gasteiger partial charge in [0.15, 0.2) is 5.11 Å². The lowest BCUT2D eigenvalue weighted by molar-refractivity contribution is -0.385. The highest BCUT2D eigenvalue weighted by atomic mass is 32.1. The third-order valence-electron chi connectivity index (χ3n) is 3.44. The van der Waals surface area contributed by atoms with Gasteiger partial charge in [0, 0.05) is 12.1 Å². The van der Waals surface area contributed by atoms with Gasteiger partial charge in [-0.25, -0.2) is 0 Å². The minimum absolute atomic E-state index is 0.0224. The molecular weight excluding hydrogens is 288 g/mol. The van der Waals surface area contributed by atoms with Crippen molar-refractivity contribution >= 4 is 29.2 Å². The van der Waals surface area contributed by atoms with Crippen molar-refractivity contribution in [1.29, 1.82) is 0 Å². The van der Waals surface area contributed by atoms with Crippen molar-refractivity contribution < 1.29 is 4.92 Å². The summed E-state index contributed by atoms with van der Waals surface area (Å²) < 4.78 is 0. The van der Waals surface area contributed by atoms with Gasteiger partial charge in [0.1, 0.15) is 0 Å². The first kappa shape index (κ1) is 15.4. The number of hydrogen-bond acceptors (Lipinski definition) is 4. The van der Waals surface area contributed by atoms with Crippen LogP contribution in [0.15, 0.2) is 29.4 Å². The molecule has 1 saturated carbocycles. The molecule has 0 bridgehead atoms. The van der Waals surface area contributed by atoms with E-state index in [1.165, 1.54) is 31.5 Å². The minimum Gasteiger partial charge on any atom is -0.359 e. The van der Waals surface area contributed by atoms with Gasteiger partial charge in [-0.3, -0.25) is 15.5 Å². The summed E-state index contributed by atoms with van der Waals surface area (Å²) in [5.41, 5.74) is 3.17. The van der Waals surface area contributed by atoms with E-state index in [2.05, 4.69) is 15.8 Å². The molecule has 1 aromatic rings. The normalized spacial score (nSPS) is 15.8. The zero-order valence-electron chi connectivity index (χ0n) is 11.6. The predicted octanol–water partition coefficient (Wildman–Crippen LogP) is 2.73. The van der Waals surface area contributed by atoms with Crippen LogP contribution in [0, 0.1) is 10.1 Å². The fourth-order valence-electron chi connectivity index (χ4n) is 2.39. The molecule has 1 aliphatic carbocycles. The second kappa shape index (κ2) is 7.68. The summed E-state index contributed by atoms with van der Waals surface area (Å²) in [6, 6.07) is 6.84. The van der Waals surface area contributed by atoms with Gasteiger partial charge in [0.05, 0.1) is 16.7 Å². The van der Waals surface area contributed by atoms with Crippen LogP contribution in [0.2, 0.25) is 0 Å². The number of nitrogens with zero attached hydrogens (tertiary/aromatic N) is 2. The maximum Gasteiger partial charge on any atom is 0.278 e. The van der Waals surface area contributed by atoms with E-state index in [0.29, 0.717) is 16.7 Å². The molecule has 0 amide bonds. The second-order valence-electron chi connectivity index (χ2n) is 4.99. The average molecular weight is 306 g/mol. The molecular formula is C14H18N4O2S. The number of thiocarbonyl (C=S) groups is 1. The van der Waals surface area contributed by atoms with Crippen LogP contribution in [0.3, 0.4) is 0 Å². The van der Waals surface area contributed by atoms with Crippen LogP contribution in [0.4, 0.5) is 5.69 Å². The average Bonchev–Trinajstić information content (AvgIpc) is 2.48. The number of para-hydroxylation sites is 1. The Balaban J connectivity index is 1.87. The van der Waals surface area contributed by atoms with Gasteiger partial charge >= 0.3 is 0 Å². The number of nitro groups is 1. The molecule has 7 heteroatoms. The Bertz CT molecular complexity index is 542. The lowest BCUT2D eigenvalue weighted by atomic mass is 9.96. The molecule has 112 valence electrons. The van der Waals surface area contributed by atoms with E-state index in [9.17, 15) is 10.1 Å². The quantitative estimate of drug-likeness (QED) is 0.387. The fraction of sp³-hybridized carbons (Fsp3) is 0.429. The molecule has 21 heavy (non-hydrogen) atoms. The van der Waals surface area contributed by atoms with Gasteiger partial charge < -0.3 is 5.32 Å². The maximum absolute atomic E-state index is 10.9. The molecule has 1 aliphatic rings. The lowest BCUT2D eigenvalue weighted by Gasteiger charge is -2.23. The summed E-state index contributed by atoms with van der Waals surface area (Å²) in [6.45, 7) is 0. The molecule has 6 nitrogen and oxygen atoms in total. The van der Waals surface area contributed by atoms with Crippen molar-refractivity contribution in [3.05, 3.63) is 39.9 Å². The van der Waals surface area contributed by atoms with Gasteiger partial charge in [-0.05, 0) is 31.1 Å². The van der Waals surface area contributed by atoms with Gasteiger partial charge in [-0.1, -0.05) is 31.4 Å². The van der Waals surface area contributed by atoms with Crippen molar-refractivity contribution in [2.75, 3.05) is 0 Å². The molecule has 0 unspecified atom stereocenters. The number of rotatable bonds is 4. The van der Waals surface area contributed by atoms with Crippen LogP contribution in [0.25, 0.3) is 0 Å². The molecule has 0 aromatic heterocycles. The topological polar surface area (TPSA) is 79.6 Å². The highest BCUT2D eigenvalue weighted by Crippen LogP contribution is 2.17. The van der Waals surface area contributed by atoms with Gasteiger partial charge in [0.2, 0.25) is 0 Å². The summed E-state index contributed by atoms with van der Waals surface area (Å²) in [7, 11) is 0. The summed E-state index contributed by atoms with van der Waals surface area (Å²) in [5.74, 6) is 0. The molecule has 2 N–H and O–H groups in total. The summed E-state index contributed by atoms with van der Waals surface area (Å²) in [4.78, 5) is 10.4. The van der Waals surface area contributed by atoms with E-state index in [1.807, 2.05) is 0 Å². The minimum atomic E-state index is -0.431. The van der Waals surface area contributed by atoms with E-state index in [0.717, 1.165) is 12.8 Å². The molecule has 0 atom stereocenters. The first-order chi connectivity index (χ1) is 10.2. The molecule has 0 spiro atoms.